The largest absolute Gasteiger partial charge is 0.465 e. The number of imidazole rings is 2. The molecule has 3 aliphatic heterocycles. The van der Waals surface area contributed by atoms with Crippen molar-refractivity contribution >= 4 is 83.9 Å². The molecule has 2 saturated heterocycles. The van der Waals surface area contributed by atoms with Gasteiger partial charge in [0.1, 0.15) is 37.5 Å². The summed E-state index contributed by atoms with van der Waals surface area (Å²) < 4.78 is 96.3. The maximum Gasteiger partial charge on any atom is 0.437 e. The Morgan fingerprint density at radius 1 is 0.717 bits per heavy atom. The molecule has 2 N–H and O–H groups in total. The average molecular weight is 901 g/mol. The summed E-state index contributed by atoms with van der Waals surface area (Å²) in [4.78, 5) is 50.8. The normalized spacial score (nSPS) is 30.1. The monoisotopic (exact) mass is 900 g/mol. The zero-order valence-electron chi connectivity index (χ0n) is 30.1. The van der Waals surface area contributed by atoms with E-state index in [0.29, 0.717) is 17.4 Å². The SMILES string of the molecule is O=C(Nc1ncnc2c1ncn2[C@@H]1O[C@@H]2CO[P@@](=O)(S)O[C@@H]3/C(=C\O[P@@](=O)(S)O[C@H]2[C@H]1F)O[C@@H](n1cnc2c(NC(=O)c4ccccc4)ncnc21)[C@@H]3F)c1ccccc1. The smallest absolute Gasteiger partial charge is 0.437 e. The molecule has 9 rings (SSSR count). The van der Waals surface area contributed by atoms with Crippen LogP contribution in [0.2, 0.25) is 0 Å². The Bertz CT molecular complexity index is 2760. The maximum atomic E-state index is 16.5. The van der Waals surface area contributed by atoms with Crippen molar-refractivity contribution in [3.05, 3.63) is 109 Å². The van der Waals surface area contributed by atoms with Gasteiger partial charge in [-0.15, -0.1) is 0 Å². The highest BCUT2D eigenvalue weighted by atomic mass is 32.7. The van der Waals surface area contributed by atoms with Crippen molar-refractivity contribution in [3.63, 3.8) is 0 Å². The van der Waals surface area contributed by atoms with Gasteiger partial charge in [0.2, 0.25) is 6.23 Å². The van der Waals surface area contributed by atoms with Crippen LogP contribution in [0, 0.1) is 0 Å². The Morgan fingerprint density at radius 3 is 1.83 bits per heavy atom. The number of aromatic nitrogens is 8. The molecule has 6 aromatic rings. The van der Waals surface area contributed by atoms with Crippen molar-refractivity contribution in [2.24, 2.45) is 0 Å². The van der Waals surface area contributed by atoms with Crippen LogP contribution in [0.1, 0.15) is 33.2 Å². The van der Waals surface area contributed by atoms with Crippen LogP contribution in [-0.2, 0) is 36.7 Å². The second-order valence-electron chi connectivity index (χ2n) is 13.1. The number of rotatable bonds is 6. The minimum Gasteiger partial charge on any atom is -0.465 e. The maximum absolute atomic E-state index is 16.5. The molecular formula is C34H28F2N10O10P2S2. The molecule has 3 aliphatic rings. The number of amides is 2. The van der Waals surface area contributed by atoms with Crippen LogP contribution >= 0.6 is 38.1 Å². The summed E-state index contributed by atoms with van der Waals surface area (Å²) >= 11 is 8.06. The van der Waals surface area contributed by atoms with E-state index in [1.54, 1.807) is 60.7 Å². The van der Waals surface area contributed by atoms with Crippen LogP contribution in [0.4, 0.5) is 20.4 Å². The number of nitrogens with zero attached hydrogens (tertiary/aromatic N) is 8. The minimum atomic E-state index is -4.60. The second kappa shape index (κ2) is 15.9. The van der Waals surface area contributed by atoms with E-state index in [-0.39, 0.29) is 34.0 Å². The quantitative estimate of drug-likeness (QED) is 0.111. The fourth-order valence-electron chi connectivity index (χ4n) is 6.61. The number of ether oxygens (including phenoxy) is 2. The van der Waals surface area contributed by atoms with Gasteiger partial charge in [0.15, 0.2) is 64.4 Å². The zero-order chi connectivity index (χ0) is 41.8. The predicted molar refractivity (Wildman–Crippen MR) is 211 cm³/mol. The molecule has 60 heavy (non-hydrogen) atoms. The number of hydrogen-bond donors (Lipinski definition) is 4. The molecule has 2 amide bonds. The first-order valence-electron chi connectivity index (χ1n) is 17.6. The Kier molecular flexibility index (Phi) is 10.7. The third-order valence-corrected chi connectivity index (χ3v) is 12.4. The van der Waals surface area contributed by atoms with Crippen LogP contribution in [0.3, 0.4) is 0 Å². The first kappa shape index (κ1) is 40.1. The molecule has 26 heteroatoms. The number of benzene rings is 2. The van der Waals surface area contributed by atoms with Crippen molar-refractivity contribution in [1.29, 1.82) is 0 Å². The van der Waals surface area contributed by atoms with Gasteiger partial charge in [0.25, 0.3) is 11.8 Å². The molecule has 310 valence electrons. The molecule has 4 aromatic heterocycles. The van der Waals surface area contributed by atoms with E-state index in [1.165, 1.54) is 17.2 Å². The summed E-state index contributed by atoms with van der Waals surface area (Å²) in [5.74, 6) is -1.43. The van der Waals surface area contributed by atoms with Crippen molar-refractivity contribution in [1.82, 2.24) is 39.0 Å². The highest BCUT2D eigenvalue weighted by Gasteiger charge is 2.53. The van der Waals surface area contributed by atoms with E-state index in [9.17, 15) is 18.7 Å². The van der Waals surface area contributed by atoms with Crippen LogP contribution in [0.5, 0.6) is 0 Å². The lowest BCUT2D eigenvalue weighted by atomic mass is 10.1. The molecule has 0 radical (unpaired) electrons. The Balaban J connectivity index is 0.958. The summed E-state index contributed by atoms with van der Waals surface area (Å²) in [5.41, 5.74) is 0.903. The first-order valence-corrected chi connectivity index (χ1v) is 23.0. The van der Waals surface area contributed by atoms with Gasteiger partial charge in [-0.05, 0) is 36.5 Å². The number of nitrogens with one attached hydrogen (secondary N) is 2. The molecule has 2 aromatic carbocycles. The lowest BCUT2D eigenvalue weighted by Crippen LogP contribution is -2.34. The predicted octanol–water partition coefficient (Wildman–Crippen LogP) is 6.01. The lowest BCUT2D eigenvalue weighted by Gasteiger charge is -2.25. The van der Waals surface area contributed by atoms with Crippen LogP contribution < -0.4 is 10.6 Å². The number of carbonyl (C=O) groups excluding carboxylic acids is 2. The topological polar surface area (TPSA) is 235 Å². The zero-order valence-corrected chi connectivity index (χ0v) is 33.7. The molecule has 0 unspecified atom stereocenters. The van der Waals surface area contributed by atoms with Gasteiger partial charge in [-0.1, -0.05) is 48.6 Å². The van der Waals surface area contributed by atoms with E-state index in [0.717, 1.165) is 17.2 Å². The number of thiol groups is 2. The molecular weight excluding hydrogens is 873 g/mol. The van der Waals surface area contributed by atoms with Crippen LogP contribution in [-0.4, -0.2) is 88.1 Å². The van der Waals surface area contributed by atoms with E-state index < -0.39 is 80.9 Å². The standard InChI is InChI=1S/C34H28F2N10O10P2S2/c35-21-25-19(53-33(21)45-15-41-23-27(37-13-39-29(23)45)43-31(47)17-7-3-1-4-8-17)11-51-58(50,60)56-26-20(12-52-57(49,59)55-25)54-34(22(26)36)46-16-42-24-28(38-14-40-30(24)46)44-32(48)18-9-5-2-6-10-18/h1-11,13-16,20-22,25-26,33-34H,12H2,(H,49,59)(H,50,60)(H,37,39,43,47)(H,38,40,44,48)/b19-11+/t20-,21-,22-,25-,26-,33-,34-,57-,58-/m1/s1. The van der Waals surface area contributed by atoms with Crippen molar-refractivity contribution in [2.75, 3.05) is 17.2 Å². The minimum absolute atomic E-state index is 0.0143. The average Bonchev–Trinajstić information content (AvgIpc) is 4.01. The molecule has 0 spiro atoms. The molecule has 0 aliphatic carbocycles. The lowest BCUT2D eigenvalue weighted by molar-refractivity contribution is -0.0418. The summed E-state index contributed by atoms with van der Waals surface area (Å²) in [6, 6.07) is 16.6. The number of halogens is 2. The van der Waals surface area contributed by atoms with Gasteiger partial charge in [-0.3, -0.25) is 32.3 Å². The highest BCUT2D eigenvalue weighted by molar-refractivity contribution is 8.44. The number of anilines is 2. The summed E-state index contributed by atoms with van der Waals surface area (Å²) in [6.45, 7) is -9.91. The Morgan fingerprint density at radius 2 is 1.27 bits per heavy atom. The fourth-order valence-corrected chi connectivity index (χ4v) is 9.33. The van der Waals surface area contributed by atoms with Crippen molar-refractivity contribution in [3.8, 4) is 0 Å². The van der Waals surface area contributed by atoms with Crippen molar-refractivity contribution < 1.29 is 55.1 Å². The number of alkyl halides is 2. The third-order valence-electron chi connectivity index (χ3n) is 9.37. The Hall–Kier alpha value is -5.32. The summed E-state index contributed by atoms with van der Waals surface area (Å²) in [5, 5.41) is 5.30. The molecule has 2 fully saturated rings. The first-order chi connectivity index (χ1) is 28.9. The van der Waals surface area contributed by atoms with Gasteiger partial charge in [0, 0.05) is 11.1 Å². The summed E-state index contributed by atoms with van der Waals surface area (Å²) in [6.07, 6.45) is -7.37. The van der Waals surface area contributed by atoms with Crippen LogP contribution in [0.15, 0.2) is 98.0 Å². The number of hydrogen-bond acceptors (Lipinski definition) is 16. The number of fused-ring (bicyclic) bond motifs is 4. The van der Waals surface area contributed by atoms with Crippen molar-refractivity contribution in [2.45, 2.75) is 43.1 Å². The Labute approximate surface area is 346 Å². The van der Waals surface area contributed by atoms with Gasteiger partial charge < -0.3 is 24.6 Å². The molecule has 0 saturated carbocycles. The molecule has 0 bridgehead atoms. The van der Waals surface area contributed by atoms with Gasteiger partial charge in [-0.2, -0.15) is 0 Å². The number of carbonyl (C=O) groups is 2. The van der Waals surface area contributed by atoms with E-state index in [1.807, 2.05) is 0 Å². The van der Waals surface area contributed by atoms with Crippen LogP contribution in [0.25, 0.3) is 22.3 Å². The molecule has 20 nitrogen and oxygen atoms in total. The van der Waals surface area contributed by atoms with E-state index in [2.05, 4.69) is 65.0 Å². The van der Waals surface area contributed by atoms with Gasteiger partial charge in [-0.25, -0.2) is 47.8 Å². The van der Waals surface area contributed by atoms with E-state index >= 15 is 8.78 Å². The van der Waals surface area contributed by atoms with Gasteiger partial charge in [0.05, 0.1) is 12.9 Å². The van der Waals surface area contributed by atoms with Gasteiger partial charge >= 0.3 is 13.6 Å². The third kappa shape index (κ3) is 7.76. The fraction of sp³-hybridized carbons (Fsp3) is 0.235. The van der Waals surface area contributed by atoms with E-state index in [4.69, 9.17) is 27.6 Å². The second-order valence-corrected chi connectivity index (χ2v) is 18.9. The molecule has 9 atom stereocenters. The summed E-state index contributed by atoms with van der Waals surface area (Å²) in [7, 11) is 0. The highest BCUT2D eigenvalue weighted by Crippen LogP contribution is 2.61. The molecule has 7 heterocycles.